The van der Waals surface area contributed by atoms with Crippen LogP contribution in [0.1, 0.15) is 124 Å². The van der Waals surface area contributed by atoms with Gasteiger partial charge in [-0.3, -0.25) is 14.4 Å². The molecule has 75 heavy (non-hydrogen) atoms. The number of nitrogens with one attached hydrogen (secondary N) is 6. The van der Waals surface area contributed by atoms with Crippen LogP contribution in [0.3, 0.4) is 0 Å². The van der Waals surface area contributed by atoms with Crippen molar-refractivity contribution >= 4 is 52.6 Å². The zero-order valence-electron chi connectivity index (χ0n) is 44.5. The average Bonchev–Trinajstić information content (AvgIpc) is 3.38. The molecule has 0 bridgehead atoms. The maximum atomic E-state index is 13.6. The smallest absolute Gasteiger partial charge is 0.246 e. The molecule has 0 radical (unpaired) electrons. The van der Waals surface area contributed by atoms with Crippen LogP contribution in [0, 0.1) is 53.1 Å². The highest BCUT2D eigenvalue weighted by molar-refractivity contribution is 5.92. The number of carbonyl (C=O) groups excluding carboxylic acids is 3. The van der Waals surface area contributed by atoms with E-state index < -0.39 is 6.04 Å². The molecule has 6 atom stereocenters. The monoisotopic (exact) mass is 1030 g/mol. The number of rotatable bonds is 19. The topological polar surface area (TPSA) is 181 Å². The minimum absolute atomic E-state index is 0. The zero-order valence-corrected chi connectivity index (χ0v) is 44.5. The van der Waals surface area contributed by atoms with Crippen molar-refractivity contribution in [3.8, 4) is 23.7 Å². The minimum Gasteiger partial charge on any atom is -0.369 e. The van der Waals surface area contributed by atoms with Crippen LogP contribution in [0.4, 0.5) is 43.7 Å². The van der Waals surface area contributed by atoms with Crippen LogP contribution in [0.25, 0.3) is 0 Å². The number of hydrogen-bond acceptors (Lipinski definition) is 12. The molecular weight excluding hydrogens is 951 g/mol. The summed E-state index contributed by atoms with van der Waals surface area (Å²) in [6.45, 7) is 12.0. The van der Waals surface area contributed by atoms with Crippen molar-refractivity contribution in [2.75, 3.05) is 62.0 Å². The summed E-state index contributed by atoms with van der Waals surface area (Å²) in [6.07, 6.45) is 16.9. The van der Waals surface area contributed by atoms with E-state index in [0.29, 0.717) is 47.0 Å². The Morgan fingerprint density at radius 2 is 1.20 bits per heavy atom. The van der Waals surface area contributed by atoms with Crippen molar-refractivity contribution in [2.24, 2.45) is 17.8 Å². The van der Waals surface area contributed by atoms with Gasteiger partial charge in [-0.15, -0.1) is 0 Å². The third kappa shape index (κ3) is 20.6. The molecule has 0 saturated heterocycles. The van der Waals surface area contributed by atoms with E-state index in [4.69, 9.17) is 0 Å². The highest BCUT2D eigenvalue weighted by atomic mass is 19.1. The summed E-state index contributed by atoms with van der Waals surface area (Å²) in [5, 5.41) is 19.0. The predicted octanol–water partition coefficient (Wildman–Crippen LogP) is 10.1. The highest BCUT2D eigenvalue weighted by Gasteiger charge is 2.27. The molecule has 2 saturated carbocycles. The van der Waals surface area contributed by atoms with Gasteiger partial charge in [-0.05, 0) is 115 Å². The van der Waals surface area contributed by atoms with E-state index in [9.17, 15) is 23.2 Å². The maximum absolute atomic E-state index is 13.6. The summed E-state index contributed by atoms with van der Waals surface area (Å²) in [6, 6.07) is 11.9. The number of anilines is 6. The summed E-state index contributed by atoms with van der Waals surface area (Å²) >= 11 is 0. The Labute approximate surface area is 444 Å². The zero-order chi connectivity index (χ0) is 53.4. The lowest BCUT2D eigenvalue weighted by molar-refractivity contribution is -0.135. The van der Waals surface area contributed by atoms with E-state index in [1.807, 2.05) is 32.8 Å². The van der Waals surface area contributed by atoms with Crippen molar-refractivity contribution in [3.63, 3.8) is 0 Å². The Balaban J connectivity index is 0.000000327. The van der Waals surface area contributed by atoms with Crippen molar-refractivity contribution in [2.45, 2.75) is 131 Å². The standard InChI is InChI=1S/C31H42FN7O2.C26H34FN5O.CH4/c1-6-17-33-29-24(21-34-31(37-29)36-27-13-8-11-25(32)20-27)16-15-23-10-7-12-26(19-23)35-30(41)22(2)39(5)28(40)14-9-18-38(3)4;1-4-14-28-24-20(17-29-26(32-24)31-23-11-7-9-21(27)16-23)13-12-19-8-6-10-22(15-19)30-25(33)18(3)5-2;/h8-9,11,13-14,20-23,26H,6-7,10,12,17-19H2,1-5H3,(H,35,41)(H2,33,34,36,37);7,9,11,16-19,22H,4-6,8,10,14-15H2,1-3H3,(H,30,33)(H2,28,29,31,32);1H4/b14-9+;;/t22-,23-,26-;18-,19+,22+;/m01./s1. The first-order chi connectivity index (χ1) is 35.6. The third-order valence-corrected chi connectivity index (χ3v) is 12.8. The Morgan fingerprint density at radius 1 is 0.720 bits per heavy atom. The van der Waals surface area contributed by atoms with Gasteiger partial charge in [0.1, 0.15) is 29.3 Å². The lowest BCUT2D eigenvalue weighted by Gasteiger charge is -2.30. The molecule has 15 nitrogen and oxygen atoms in total. The largest absolute Gasteiger partial charge is 0.369 e. The van der Waals surface area contributed by atoms with Crippen molar-refractivity contribution < 1.29 is 23.2 Å². The number of carbonyl (C=O) groups is 3. The molecule has 2 heterocycles. The number of aromatic nitrogens is 4. The van der Waals surface area contributed by atoms with Crippen LogP contribution < -0.4 is 31.9 Å². The number of likely N-dealkylation sites (N-methyl/N-ethyl adjacent to an activating group) is 2. The van der Waals surface area contributed by atoms with Crippen LogP contribution in [-0.2, 0) is 14.4 Å². The molecule has 17 heteroatoms. The minimum atomic E-state index is -0.582. The Morgan fingerprint density at radius 3 is 1.64 bits per heavy atom. The van der Waals surface area contributed by atoms with Gasteiger partial charge in [-0.2, -0.15) is 9.97 Å². The first-order valence-electron chi connectivity index (χ1n) is 26.1. The second kappa shape index (κ2) is 31.6. The van der Waals surface area contributed by atoms with Gasteiger partial charge in [0.05, 0.1) is 23.5 Å². The lowest BCUT2D eigenvalue weighted by atomic mass is 9.85. The van der Waals surface area contributed by atoms with E-state index in [0.717, 1.165) is 89.3 Å². The van der Waals surface area contributed by atoms with E-state index in [1.165, 1.54) is 35.2 Å². The fourth-order valence-corrected chi connectivity index (χ4v) is 8.18. The Hall–Kier alpha value is -7.11. The van der Waals surface area contributed by atoms with Crippen LogP contribution in [0.2, 0.25) is 0 Å². The van der Waals surface area contributed by atoms with E-state index in [2.05, 4.69) is 89.4 Å². The fourth-order valence-electron chi connectivity index (χ4n) is 8.18. The Kier molecular flexibility index (Phi) is 25.5. The lowest BCUT2D eigenvalue weighted by Crippen LogP contribution is -2.49. The number of benzene rings is 2. The number of hydrogen-bond donors (Lipinski definition) is 6. The van der Waals surface area contributed by atoms with Gasteiger partial charge in [-0.25, -0.2) is 18.7 Å². The van der Waals surface area contributed by atoms with E-state index in [1.54, 1.807) is 56.7 Å². The van der Waals surface area contributed by atoms with Crippen LogP contribution >= 0.6 is 0 Å². The number of halogens is 2. The molecule has 6 N–H and O–H groups in total. The van der Waals surface area contributed by atoms with E-state index in [-0.39, 0.29) is 66.6 Å². The van der Waals surface area contributed by atoms with Crippen molar-refractivity contribution in [1.29, 1.82) is 0 Å². The summed E-state index contributed by atoms with van der Waals surface area (Å²) in [5.74, 6) is 14.8. The molecule has 404 valence electrons. The normalized spacial score (nSPS) is 17.7. The summed E-state index contributed by atoms with van der Waals surface area (Å²) < 4.78 is 27.0. The van der Waals surface area contributed by atoms with Gasteiger partial charge in [0.25, 0.3) is 0 Å². The Bertz CT molecular complexity index is 2620. The highest BCUT2D eigenvalue weighted by Crippen LogP contribution is 2.27. The third-order valence-electron chi connectivity index (χ3n) is 12.8. The molecular formula is C58H80F2N12O3. The molecule has 2 fully saturated rings. The van der Waals surface area contributed by atoms with Crippen LogP contribution in [-0.4, -0.2) is 106 Å². The van der Waals surface area contributed by atoms with Crippen LogP contribution in [0.15, 0.2) is 73.1 Å². The van der Waals surface area contributed by atoms with E-state index >= 15 is 0 Å². The molecule has 0 aliphatic heterocycles. The van der Waals surface area contributed by atoms with Gasteiger partial charge in [0, 0.05) is 74.0 Å². The second-order valence-electron chi connectivity index (χ2n) is 19.3. The molecule has 0 spiro atoms. The molecule has 0 unspecified atom stereocenters. The quantitative estimate of drug-likeness (QED) is 0.0387. The molecule has 6 rings (SSSR count). The molecule has 4 aromatic rings. The van der Waals surface area contributed by atoms with Gasteiger partial charge < -0.3 is 41.7 Å². The average molecular weight is 1030 g/mol. The number of nitrogens with zero attached hydrogens (tertiary/aromatic N) is 6. The summed E-state index contributed by atoms with van der Waals surface area (Å²) in [4.78, 5) is 58.9. The van der Waals surface area contributed by atoms with Gasteiger partial charge in [0.2, 0.25) is 29.6 Å². The summed E-state index contributed by atoms with van der Waals surface area (Å²) in [7, 11) is 5.50. The first-order valence-corrected chi connectivity index (χ1v) is 26.1. The predicted molar refractivity (Wildman–Crippen MR) is 299 cm³/mol. The molecule has 2 aliphatic rings. The molecule has 2 aliphatic carbocycles. The van der Waals surface area contributed by atoms with Gasteiger partial charge in [-0.1, -0.05) is 89.9 Å². The molecule has 2 aromatic heterocycles. The SMILES string of the molecule is C.CCCNc1nc(Nc2cccc(F)c2)ncc1C#C[C@@H]1CCC[C@H](NC(=O)[C@H](C)CC)C1.CCCNc1nc(Nc2cccc(F)c2)ncc1C#C[C@@H]1CCC[C@H](NC(=O)[C@H](C)N(C)C(=O)/C=C/CN(C)C)C1. The first kappa shape index (κ1) is 60.4. The van der Waals surface area contributed by atoms with Crippen LogP contribution in [0.5, 0.6) is 0 Å². The van der Waals surface area contributed by atoms with Crippen molar-refractivity contribution in [1.82, 2.24) is 40.4 Å². The van der Waals surface area contributed by atoms with Gasteiger partial charge >= 0.3 is 0 Å². The van der Waals surface area contributed by atoms with Crippen molar-refractivity contribution in [3.05, 3.63) is 95.8 Å². The maximum Gasteiger partial charge on any atom is 0.246 e. The molecule has 2 aromatic carbocycles. The molecule has 3 amide bonds. The summed E-state index contributed by atoms with van der Waals surface area (Å²) in [5.41, 5.74) is 2.57. The number of amides is 3. The second-order valence-corrected chi connectivity index (χ2v) is 19.3. The van der Waals surface area contributed by atoms with Gasteiger partial charge in [0.15, 0.2) is 0 Å². The fraction of sp³-hybridized carbons (Fsp3) is 0.500.